The second kappa shape index (κ2) is 3.84. The van der Waals surface area contributed by atoms with Crippen LogP contribution in [0.5, 0.6) is 0 Å². The molecule has 0 aliphatic rings. The van der Waals surface area contributed by atoms with Crippen LogP contribution in [-0.2, 0) is 0 Å². The van der Waals surface area contributed by atoms with Gasteiger partial charge in [0.2, 0.25) is 0 Å². The van der Waals surface area contributed by atoms with Gasteiger partial charge in [0.15, 0.2) is 6.29 Å². The Hall–Kier alpha value is -0.340. The molecule has 0 saturated heterocycles. The molecule has 0 saturated carbocycles. The molecule has 2 nitrogen and oxygen atoms in total. The largest absolute Gasteiger partial charge is 0.365 e. The Balaban J connectivity index is 3.08. The van der Waals surface area contributed by atoms with Gasteiger partial charge in [-0.2, -0.15) is 0 Å². The first-order chi connectivity index (χ1) is 3.27. The summed E-state index contributed by atoms with van der Waals surface area (Å²) in [6.45, 7) is 1.93. The summed E-state index contributed by atoms with van der Waals surface area (Å²) in [6, 6.07) is 0. The molecule has 42 valence electrons. The molecule has 7 heavy (non-hydrogen) atoms. The smallest absolute Gasteiger partial charge is 0.171 e. The minimum absolute atomic E-state index is 0.845. The summed E-state index contributed by atoms with van der Waals surface area (Å²) >= 11 is 0. The Kier molecular flexibility index (Phi) is 3.65. The van der Waals surface area contributed by atoms with Gasteiger partial charge in [-0.25, -0.2) is 0 Å². The van der Waals surface area contributed by atoms with Crippen molar-refractivity contribution >= 4 is 0 Å². The zero-order chi connectivity index (χ0) is 5.70. The van der Waals surface area contributed by atoms with Crippen molar-refractivity contribution < 1.29 is 10.2 Å². The van der Waals surface area contributed by atoms with Crippen molar-refractivity contribution in [3.63, 3.8) is 0 Å². The number of hydrogen-bond acceptors (Lipinski definition) is 2. The standard InChI is InChI=1S/C5H10O2/c1-2-3-4-5(6)7/h3-7H,2H2,1H3. The minimum atomic E-state index is -1.28. The van der Waals surface area contributed by atoms with Crippen LogP contribution in [0.1, 0.15) is 13.3 Å². The maximum atomic E-state index is 8.15. The van der Waals surface area contributed by atoms with Gasteiger partial charge in [0, 0.05) is 0 Å². The van der Waals surface area contributed by atoms with E-state index in [-0.39, 0.29) is 0 Å². The maximum Gasteiger partial charge on any atom is 0.171 e. The Morgan fingerprint density at radius 2 is 2.14 bits per heavy atom. The van der Waals surface area contributed by atoms with Crippen LogP contribution in [0.3, 0.4) is 0 Å². The molecule has 2 N–H and O–H groups in total. The van der Waals surface area contributed by atoms with Crippen molar-refractivity contribution in [3.05, 3.63) is 12.2 Å². The maximum absolute atomic E-state index is 8.15. The SMILES string of the molecule is CCC=CC(O)O. The second-order valence-corrected chi connectivity index (χ2v) is 1.25. The lowest BCUT2D eigenvalue weighted by molar-refractivity contribution is 0.00219. The number of rotatable bonds is 2. The number of allylic oxidation sites excluding steroid dienone is 1. The Morgan fingerprint density at radius 3 is 2.29 bits per heavy atom. The van der Waals surface area contributed by atoms with E-state index in [1.54, 1.807) is 6.08 Å². The van der Waals surface area contributed by atoms with Gasteiger partial charge in [-0.15, -0.1) is 0 Å². The first kappa shape index (κ1) is 6.66. The first-order valence-corrected chi connectivity index (χ1v) is 2.30. The van der Waals surface area contributed by atoms with E-state index in [0.717, 1.165) is 6.42 Å². The van der Waals surface area contributed by atoms with Crippen molar-refractivity contribution in [2.45, 2.75) is 19.6 Å². The third kappa shape index (κ3) is 5.66. The Bertz CT molecular complexity index is 57.1. The molecule has 0 fully saturated rings. The molecule has 0 bridgehead atoms. The van der Waals surface area contributed by atoms with E-state index in [2.05, 4.69) is 0 Å². The van der Waals surface area contributed by atoms with Crippen molar-refractivity contribution in [1.82, 2.24) is 0 Å². The molecule has 0 radical (unpaired) electrons. The highest BCUT2D eigenvalue weighted by atomic mass is 16.5. The molecule has 0 aromatic heterocycles. The molecule has 0 heterocycles. The fourth-order valence-electron chi connectivity index (χ4n) is 0.258. The monoisotopic (exact) mass is 102 g/mol. The number of hydrogen-bond donors (Lipinski definition) is 2. The van der Waals surface area contributed by atoms with Gasteiger partial charge in [-0.1, -0.05) is 13.0 Å². The fourth-order valence-corrected chi connectivity index (χ4v) is 0.258. The number of aliphatic hydroxyl groups is 2. The summed E-state index contributed by atoms with van der Waals surface area (Å²) in [5.74, 6) is 0. The van der Waals surface area contributed by atoms with E-state index in [0.29, 0.717) is 0 Å². The lowest BCUT2D eigenvalue weighted by atomic mass is 10.4. The van der Waals surface area contributed by atoms with Crippen LogP contribution in [0.15, 0.2) is 12.2 Å². The van der Waals surface area contributed by atoms with Crippen LogP contribution in [0.4, 0.5) is 0 Å². The molecule has 0 aliphatic heterocycles. The van der Waals surface area contributed by atoms with Gasteiger partial charge in [0.1, 0.15) is 0 Å². The van der Waals surface area contributed by atoms with E-state index in [1.807, 2.05) is 6.92 Å². The number of aliphatic hydroxyl groups excluding tert-OH is 1. The van der Waals surface area contributed by atoms with Gasteiger partial charge >= 0.3 is 0 Å². The van der Waals surface area contributed by atoms with Crippen molar-refractivity contribution in [1.29, 1.82) is 0 Å². The highest BCUT2D eigenvalue weighted by molar-refractivity contribution is 4.81. The van der Waals surface area contributed by atoms with Crippen LogP contribution in [0.25, 0.3) is 0 Å². The van der Waals surface area contributed by atoms with Crippen LogP contribution in [0.2, 0.25) is 0 Å². The highest BCUT2D eigenvalue weighted by Crippen LogP contribution is 1.81. The molecule has 2 heteroatoms. The third-order valence-corrected chi connectivity index (χ3v) is 0.544. The van der Waals surface area contributed by atoms with Crippen LogP contribution < -0.4 is 0 Å². The van der Waals surface area contributed by atoms with E-state index < -0.39 is 6.29 Å². The Labute approximate surface area is 43.1 Å². The van der Waals surface area contributed by atoms with Crippen LogP contribution >= 0.6 is 0 Å². The van der Waals surface area contributed by atoms with Gasteiger partial charge in [0.05, 0.1) is 0 Å². The van der Waals surface area contributed by atoms with Gasteiger partial charge in [0.25, 0.3) is 0 Å². The Morgan fingerprint density at radius 1 is 1.57 bits per heavy atom. The molecule has 0 atom stereocenters. The van der Waals surface area contributed by atoms with Gasteiger partial charge in [-0.3, -0.25) is 0 Å². The summed E-state index contributed by atoms with van der Waals surface area (Å²) in [4.78, 5) is 0. The average Bonchev–Trinajstić information content (AvgIpc) is 1.61. The van der Waals surface area contributed by atoms with E-state index >= 15 is 0 Å². The quantitative estimate of drug-likeness (QED) is 0.388. The predicted octanol–water partition coefficient (Wildman–Crippen LogP) is 0.263. The van der Waals surface area contributed by atoms with Gasteiger partial charge < -0.3 is 10.2 Å². The fraction of sp³-hybridized carbons (Fsp3) is 0.600. The molecular weight excluding hydrogens is 92.1 g/mol. The predicted molar refractivity (Wildman–Crippen MR) is 27.7 cm³/mol. The highest BCUT2D eigenvalue weighted by Gasteiger charge is 1.81. The zero-order valence-corrected chi connectivity index (χ0v) is 4.33. The molecule has 0 rings (SSSR count). The molecule has 0 aliphatic carbocycles. The lowest BCUT2D eigenvalue weighted by Gasteiger charge is -1.88. The molecule has 0 amide bonds. The van der Waals surface area contributed by atoms with Crippen LogP contribution in [-0.4, -0.2) is 16.5 Å². The lowest BCUT2D eigenvalue weighted by Crippen LogP contribution is -1.96. The summed E-state index contributed by atoms with van der Waals surface area (Å²) in [5.41, 5.74) is 0. The summed E-state index contributed by atoms with van der Waals surface area (Å²) in [7, 11) is 0. The summed E-state index contributed by atoms with van der Waals surface area (Å²) in [6.07, 6.45) is 2.60. The topological polar surface area (TPSA) is 40.5 Å². The minimum Gasteiger partial charge on any atom is -0.365 e. The van der Waals surface area contributed by atoms with Crippen LogP contribution in [0, 0.1) is 0 Å². The second-order valence-electron chi connectivity index (χ2n) is 1.25. The first-order valence-electron chi connectivity index (χ1n) is 2.30. The summed E-state index contributed by atoms with van der Waals surface area (Å²) in [5, 5.41) is 16.3. The molecule has 0 spiro atoms. The molecule has 0 aromatic rings. The third-order valence-electron chi connectivity index (χ3n) is 0.544. The van der Waals surface area contributed by atoms with Crippen molar-refractivity contribution in [2.24, 2.45) is 0 Å². The molecule has 0 aromatic carbocycles. The van der Waals surface area contributed by atoms with Crippen molar-refractivity contribution in [2.75, 3.05) is 0 Å². The van der Waals surface area contributed by atoms with E-state index in [4.69, 9.17) is 10.2 Å². The molecular formula is C5H10O2. The normalized spacial score (nSPS) is 11.4. The average molecular weight is 102 g/mol. The summed E-state index contributed by atoms with van der Waals surface area (Å²) < 4.78 is 0. The molecule has 0 unspecified atom stereocenters. The van der Waals surface area contributed by atoms with E-state index in [9.17, 15) is 0 Å². The zero-order valence-electron chi connectivity index (χ0n) is 4.33. The van der Waals surface area contributed by atoms with Gasteiger partial charge in [-0.05, 0) is 12.5 Å². The van der Waals surface area contributed by atoms with Crippen molar-refractivity contribution in [3.8, 4) is 0 Å². The van der Waals surface area contributed by atoms with E-state index in [1.165, 1.54) is 6.08 Å².